The Morgan fingerprint density at radius 3 is 2.78 bits per heavy atom. The molecule has 2 N–H and O–H groups in total. The van der Waals surface area contributed by atoms with Crippen molar-refractivity contribution in [3.05, 3.63) is 81.3 Å². The first kappa shape index (κ1) is 18.9. The van der Waals surface area contributed by atoms with Gasteiger partial charge in [0, 0.05) is 22.7 Å². The Hall–Kier alpha value is -2.86. The van der Waals surface area contributed by atoms with Crippen LogP contribution in [0.25, 0.3) is 0 Å². The highest BCUT2D eigenvalue weighted by molar-refractivity contribution is 6.30. The maximum atomic E-state index is 12.3. The predicted octanol–water partition coefficient (Wildman–Crippen LogP) is 3.03. The molecule has 1 aliphatic carbocycles. The van der Waals surface area contributed by atoms with Gasteiger partial charge in [0.25, 0.3) is 5.56 Å². The first-order chi connectivity index (χ1) is 12.9. The van der Waals surface area contributed by atoms with Crippen molar-refractivity contribution < 1.29 is 9.90 Å². The number of anilines is 1. The molecule has 1 aliphatic rings. The molecular weight excluding hydrogens is 366 g/mol. The molecule has 0 amide bonds. The molecule has 7 heteroatoms. The Kier molecular flexibility index (Phi) is 5.76. The third-order valence-corrected chi connectivity index (χ3v) is 4.92. The van der Waals surface area contributed by atoms with Crippen LogP contribution in [-0.2, 0) is 17.8 Å². The summed E-state index contributed by atoms with van der Waals surface area (Å²) in [7, 11) is 0. The van der Waals surface area contributed by atoms with Crippen molar-refractivity contribution in [1.29, 1.82) is 0 Å². The van der Waals surface area contributed by atoms with E-state index < -0.39 is 11.5 Å². The number of aromatic nitrogens is 2. The van der Waals surface area contributed by atoms with Gasteiger partial charge in [-0.15, -0.1) is 0 Å². The fourth-order valence-corrected chi connectivity index (χ4v) is 3.12. The monoisotopic (exact) mass is 385 g/mol. The number of nitrogens with zero attached hydrogens (tertiary/aromatic N) is 2. The Labute approximate surface area is 161 Å². The largest absolute Gasteiger partial charge is 0.481 e. The van der Waals surface area contributed by atoms with Crippen molar-refractivity contribution in [1.82, 2.24) is 9.55 Å². The van der Waals surface area contributed by atoms with Crippen molar-refractivity contribution in [3.8, 4) is 0 Å². The minimum absolute atomic E-state index is 0.0254. The van der Waals surface area contributed by atoms with Crippen LogP contribution in [-0.4, -0.2) is 26.7 Å². The second-order valence-corrected chi connectivity index (χ2v) is 6.91. The quantitative estimate of drug-likeness (QED) is 0.798. The average Bonchev–Trinajstić information content (AvgIpc) is 2.63. The van der Waals surface area contributed by atoms with E-state index in [4.69, 9.17) is 16.7 Å². The van der Waals surface area contributed by atoms with Crippen molar-refractivity contribution in [2.75, 3.05) is 5.32 Å². The lowest BCUT2D eigenvalue weighted by Gasteiger charge is -2.26. The summed E-state index contributed by atoms with van der Waals surface area (Å²) in [5, 5.41) is 13.0. The molecule has 2 atom stereocenters. The maximum Gasteiger partial charge on any atom is 0.308 e. The fourth-order valence-electron chi connectivity index (χ4n) is 2.92. The summed E-state index contributed by atoms with van der Waals surface area (Å²) in [6.45, 7) is 2.44. The number of halogens is 1. The van der Waals surface area contributed by atoms with Crippen molar-refractivity contribution in [2.45, 2.75) is 25.9 Å². The molecule has 0 radical (unpaired) electrons. The summed E-state index contributed by atoms with van der Waals surface area (Å²) in [5.74, 6) is -0.662. The van der Waals surface area contributed by atoms with Gasteiger partial charge in [0.05, 0.1) is 19.0 Å². The number of carboxylic acids is 1. The molecule has 0 saturated heterocycles. The molecule has 0 saturated carbocycles. The third-order valence-electron chi connectivity index (χ3n) is 4.45. The molecule has 0 spiro atoms. The zero-order valence-electron chi connectivity index (χ0n) is 14.8. The van der Waals surface area contributed by atoms with E-state index in [0.29, 0.717) is 12.5 Å². The number of carboxylic acid groups (broad SMARTS) is 1. The van der Waals surface area contributed by atoms with E-state index in [9.17, 15) is 9.59 Å². The Morgan fingerprint density at radius 1 is 1.33 bits per heavy atom. The normalized spacial score (nSPS) is 18.8. The van der Waals surface area contributed by atoms with E-state index >= 15 is 0 Å². The summed E-state index contributed by atoms with van der Waals surface area (Å²) in [6, 6.07) is 9.57. The van der Waals surface area contributed by atoms with E-state index in [1.54, 1.807) is 10.8 Å². The van der Waals surface area contributed by atoms with Gasteiger partial charge in [0.2, 0.25) is 5.95 Å². The van der Waals surface area contributed by atoms with Gasteiger partial charge in [-0.3, -0.25) is 9.59 Å². The zero-order valence-corrected chi connectivity index (χ0v) is 15.6. The maximum absolute atomic E-state index is 12.3. The third kappa shape index (κ3) is 4.65. The summed E-state index contributed by atoms with van der Waals surface area (Å²) in [4.78, 5) is 27.4. The van der Waals surface area contributed by atoms with Gasteiger partial charge >= 0.3 is 5.97 Å². The minimum Gasteiger partial charge on any atom is -0.481 e. The van der Waals surface area contributed by atoms with Crippen molar-refractivity contribution >= 4 is 23.5 Å². The van der Waals surface area contributed by atoms with Crippen LogP contribution in [0.5, 0.6) is 0 Å². The summed E-state index contributed by atoms with van der Waals surface area (Å²) in [5.41, 5.74) is 0.616. The fraction of sp³-hybridized carbons (Fsp3) is 0.250. The van der Waals surface area contributed by atoms with Crippen LogP contribution in [0.2, 0.25) is 0 Å². The molecule has 1 heterocycles. The lowest BCUT2D eigenvalue weighted by atomic mass is 9.97. The van der Waals surface area contributed by atoms with Crippen molar-refractivity contribution in [2.24, 2.45) is 5.92 Å². The van der Waals surface area contributed by atoms with E-state index in [2.05, 4.69) is 10.3 Å². The standard InChI is InChI=1S/C20H20ClN3O3/c1-13-16(21)8-5-9-17(13)22-20-23-19(27)15(10-18(25)26)12-24(20)11-14-6-3-2-4-7-14/h2-9,12-13,17H,10-11H2,1H3,(H,25,26)(H,22,23,27). The van der Waals surface area contributed by atoms with Crippen LogP contribution < -0.4 is 10.9 Å². The highest BCUT2D eigenvalue weighted by Crippen LogP contribution is 2.25. The molecule has 3 rings (SSSR count). The molecule has 0 bridgehead atoms. The molecule has 0 fully saturated rings. The zero-order chi connectivity index (χ0) is 19.4. The van der Waals surface area contributed by atoms with Crippen LogP contribution in [0.15, 0.2) is 64.6 Å². The van der Waals surface area contributed by atoms with Crippen LogP contribution in [0.3, 0.4) is 0 Å². The molecule has 2 aromatic rings. The van der Waals surface area contributed by atoms with Crippen LogP contribution >= 0.6 is 11.6 Å². The molecule has 6 nitrogen and oxygen atoms in total. The summed E-state index contributed by atoms with van der Waals surface area (Å²) in [6.07, 6.45) is 6.85. The Balaban J connectivity index is 1.96. The average molecular weight is 386 g/mol. The summed E-state index contributed by atoms with van der Waals surface area (Å²) >= 11 is 6.23. The molecule has 2 unspecified atom stereocenters. The molecular formula is C20H20ClN3O3. The number of hydrogen-bond acceptors (Lipinski definition) is 4. The van der Waals surface area contributed by atoms with Crippen LogP contribution in [0.4, 0.5) is 5.95 Å². The second-order valence-electron chi connectivity index (χ2n) is 6.47. The smallest absolute Gasteiger partial charge is 0.308 e. The van der Waals surface area contributed by atoms with E-state index in [-0.39, 0.29) is 23.9 Å². The SMILES string of the molecule is CC1C(Cl)=CC=CC1Nc1nc(=O)c(CC(=O)O)cn1Cc1ccccc1. The Bertz CT molecular complexity index is 951. The van der Waals surface area contributed by atoms with Gasteiger partial charge in [-0.1, -0.05) is 61.0 Å². The van der Waals surface area contributed by atoms with Gasteiger partial charge in [0.1, 0.15) is 0 Å². The Morgan fingerprint density at radius 2 is 2.07 bits per heavy atom. The lowest BCUT2D eigenvalue weighted by molar-refractivity contribution is -0.136. The number of nitrogens with one attached hydrogen (secondary N) is 1. The lowest BCUT2D eigenvalue weighted by Crippen LogP contribution is -2.32. The molecule has 1 aromatic carbocycles. The second kappa shape index (κ2) is 8.22. The van der Waals surface area contributed by atoms with Gasteiger partial charge in [-0.2, -0.15) is 4.98 Å². The number of benzene rings is 1. The topological polar surface area (TPSA) is 84.2 Å². The molecule has 27 heavy (non-hydrogen) atoms. The van der Waals surface area contributed by atoms with Gasteiger partial charge in [0.15, 0.2) is 0 Å². The molecule has 140 valence electrons. The highest BCUT2D eigenvalue weighted by atomic mass is 35.5. The minimum atomic E-state index is -1.07. The van der Waals surface area contributed by atoms with Crippen LogP contribution in [0.1, 0.15) is 18.1 Å². The summed E-state index contributed by atoms with van der Waals surface area (Å²) < 4.78 is 1.77. The number of allylic oxidation sites excluding steroid dienone is 2. The van der Waals surface area contributed by atoms with E-state index in [1.807, 2.05) is 55.5 Å². The van der Waals surface area contributed by atoms with E-state index in [0.717, 1.165) is 10.6 Å². The number of rotatable bonds is 6. The first-order valence-electron chi connectivity index (χ1n) is 8.60. The van der Waals surface area contributed by atoms with E-state index in [1.165, 1.54) is 0 Å². The predicted molar refractivity (Wildman–Crippen MR) is 105 cm³/mol. The van der Waals surface area contributed by atoms with Crippen LogP contribution in [0, 0.1) is 5.92 Å². The number of aliphatic carboxylic acids is 1. The van der Waals surface area contributed by atoms with Gasteiger partial charge in [-0.05, 0) is 11.6 Å². The number of carbonyl (C=O) groups is 1. The van der Waals surface area contributed by atoms with Gasteiger partial charge < -0.3 is 15.0 Å². The van der Waals surface area contributed by atoms with Crippen molar-refractivity contribution in [3.63, 3.8) is 0 Å². The number of hydrogen-bond donors (Lipinski definition) is 2. The molecule has 1 aromatic heterocycles. The molecule has 0 aliphatic heterocycles. The highest BCUT2D eigenvalue weighted by Gasteiger charge is 2.22. The van der Waals surface area contributed by atoms with Gasteiger partial charge in [-0.25, -0.2) is 0 Å². The first-order valence-corrected chi connectivity index (χ1v) is 8.98.